The SMILES string of the molecule is CCn1nc(C)c(NC(=O)c2c(Cl)c(C)nn2CC)c1C. The summed E-state index contributed by atoms with van der Waals surface area (Å²) in [5.41, 5.74) is 3.50. The number of nitrogens with one attached hydrogen (secondary N) is 1. The number of hydrogen-bond acceptors (Lipinski definition) is 3. The third kappa shape index (κ3) is 2.68. The Morgan fingerprint density at radius 2 is 1.67 bits per heavy atom. The van der Waals surface area contributed by atoms with Crippen molar-refractivity contribution in [3.63, 3.8) is 0 Å². The topological polar surface area (TPSA) is 64.7 Å². The molecule has 0 aliphatic carbocycles. The zero-order chi connectivity index (χ0) is 15.7. The Labute approximate surface area is 129 Å². The van der Waals surface area contributed by atoms with E-state index >= 15 is 0 Å². The van der Waals surface area contributed by atoms with Gasteiger partial charge in [-0.3, -0.25) is 14.2 Å². The van der Waals surface area contributed by atoms with Crippen molar-refractivity contribution < 1.29 is 4.79 Å². The number of hydrogen-bond donors (Lipinski definition) is 1. The van der Waals surface area contributed by atoms with Crippen molar-refractivity contribution in [3.8, 4) is 0 Å². The van der Waals surface area contributed by atoms with Crippen LogP contribution in [0.3, 0.4) is 0 Å². The molecule has 7 heteroatoms. The molecule has 2 rings (SSSR count). The average Bonchev–Trinajstić information content (AvgIpc) is 2.89. The standard InChI is InChI=1S/C14H20ClN5O/c1-6-19-10(5)12(9(4)18-19)16-14(21)13-11(15)8(3)17-20(13)7-2/h6-7H2,1-5H3,(H,16,21). The van der Waals surface area contributed by atoms with Crippen molar-refractivity contribution in [2.45, 2.75) is 47.7 Å². The molecule has 2 aromatic rings. The Kier molecular flexibility index (Phi) is 4.37. The highest BCUT2D eigenvalue weighted by atomic mass is 35.5. The predicted octanol–water partition coefficient (Wildman–Crippen LogP) is 2.95. The van der Waals surface area contributed by atoms with Gasteiger partial charge in [0, 0.05) is 13.1 Å². The number of halogens is 1. The Hall–Kier alpha value is -1.82. The Balaban J connectivity index is 2.37. The largest absolute Gasteiger partial charge is 0.317 e. The van der Waals surface area contributed by atoms with Gasteiger partial charge in [-0.05, 0) is 34.6 Å². The second-order valence-corrected chi connectivity index (χ2v) is 5.26. The molecule has 0 saturated carbocycles. The summed E-state index contributed by atoms with van der Waals surface area (Å²) in [4.78, 5) is 12.5. The third-order valence-corrected chi connectivity index (χ3v) is 3.94. The minimum absolute atomic E-state index is 0.260. The van der Waals surface area contributed by atoms with Crippen LogP contribution in [0.15, 0.2) is 0 Å². The number of nitrogens with zero attached hydrogens (tertiary/aromatic N) is 4. The quantitative estimate of drug-likeness (QED) is 0.944. The lowest BCUT2D eigenvalue weighted by Crippen LogP contribution is -2.18. The van der Waals surface area contributed by atoms with E-state index in [-0.39, 0.29) is 5.91 Å². The number of aromatic nitrogens is 4. The van der Waals surface area contributed by atoms with Crippen LogP contribution in [0.1, 0.15) is 41.4 Å². The van der Waals surface area contributed by atoms with Gasteiger partial charge in [-0.15, -0.1) is 0 Å². The van der Waals surface area contributed by atoms with Gasteiger partial charge in [0.15, 0.2) is 0 Å². The van der Waals surface area contributed by atoms with Crippen LogP contribution in [0, 0.1) is 20.8 Å². The summed E-state index contributed by atoms with van der Waals surface area (Å²) in [5.74, 6) is -0.260. The molecule has 114 valence electrons. The summed E-state index contributed by atoms with van der Waals surface area (Å²) in [7, 11) is 0. The molecule has 21 heavy (non-hydrogen) atoms. The molecule has 0 aromatic carbocycles. The minimum atomic E-state index is -0.260. The van der Waals surface area contributed by atoms with Crippen LogP contribution in [-0.4, -0.2) is 25.5 Å². The summed E-state index contributed by atoms with van der Waals surface area (Å²) in [5, 5.41) is 12.0. The zero-order valence-corrected chi connectivity index (χ0v) is 13.7. The van der Waals surface area contributed by atoms with Crippen molar-refractivity contribution in [2.75, 3.05) is 5.32 Å². The van der Waals surface area contributed by atoms with Crippen LogP contribution in [0.4, 0.5) is 5.69 Å². The first-order chi connectivity index (χ1) is 9.90. The monoisotopic (exact) mass is 309 g/mol. The first-order valence-electron chi connectivity index (χ1n) is 6.98. The number of carbonyl (C=O) groups excluding carboxylic acids is 1. The van der Waals surface area contributed by atoms with Crippen LogP contribution < -0.4 is 5.32 Å². The van der Waals surface area contributed by atoms with Crippen LogP contribution in [0.2, 0.25) is 5.02 Å². The van der Waals surface area contributed by atoms with Crippen LogP contribution in [0.25, 0.3) is 0 Å². The van der Waals surface area contributed by atoms with Gasteiger partial charge >= 0.3 is 0 Å². The third-order valence-electron chi connectivity index (χ3n) is 3.49. The van der Waals surface area contributed by atoms with E-state index in [4.69, 9.17) is 11.6 Å². The van der Waals surface area contributed by atoms with Gasteiger partial charge < -0.3 is 5.32 Å². The molecule has 0 unspecified atom stereocenters. The van der Waals surface area contributed by atoms with Crippen molar-refractivity contribution in [2.24, 2.45) is 0 Å². The van der Waals surface area contributed by atoms with Gasteiger partial charge in [0.25, 0.3) is 5.91 Å². The number of amides is 1. The molecule has 0 radical (unpaired) electrons. The molecule has 0 aliphatic rings. The van der Waals surface area contributed by atoms with E-state index in [0.717, 1.165) is 23.6 Å². The smallest absolute Gasteiger partial charge is 0.275 e. The first kappa shape index (κ1) is 15.6. The molecule has 0 atom stereocenters. The van der Waals surface area contributed by atoms with Crippen molar-refractivity contribution in [3.05, 3.63) is 27.8 Å². The maximum absolute atomic E-state index is 12.5. The molecule has 0 fully saturated rings. The minimum Gasteiger partial charge on any atom is -0.317 e. The van der Waals surface area contributed by atoms with Gasteiger partial charge in [-0.25, -0.2) is 0 Å². The van der Waals surface area contributed by atoms with E-state index in [9.17, 15) is 4.79 Å². The molecule has 1 amide bonds. The van der Waals surface area contributed by atoms with E-state index in [2.05, 4.69) is 15.5 Å². The van der Waals surface area contributed by atoms with Crippen LogP contribution in [-0.2, 0) is 13.1 Å². The second kappa shape index (κ2) is 5.89. The van der Waals surface area contributed by atoms with E-state index in [1.807, 2.05) is 32.4 Å². The Bertz CT molecular complexity index is 686. The van der Waals surface area contributed by atoms with E-state index in [0.29, 0.717) is 23.0 Å². The maximum Gasteiger partial charge on any atom is 0.275 e. The number of aryl methyl sites for hydroxylation is 4. The van der Waals surface area contributed by atoms with Gasteiger partial charge in [0.05, 0.1) is 27.8 Å². The molecule has 0 bridgehead atoms. The fourth-order valence-electron chi connectivity index (χ4n) is 2.36. The van der Waals surface area contributed by atoms with E-state index in [1.165, 1.54) is 0 Å². The lowest BCUT2D eigenvalue weighted by molar-refractivity contribution is 0.101. The molecule has 2 heterocycles. The van der Waals surface area contributed by atoms with Gasteiger partial charge in [0.1, 0.15) is 5.69 Å². The summed E-state index contributed by atoms with van der Waals surface area (Å²) in [6.45, 7) is 10.9. The van der Waals surface area contributed by atoms with Gasteiger partial charge in [0.2, 0.25) is 0 Å². The number of anilines is 1. The first-order valence-corrected chi connectivity index (χ1v) is 7.36. The van der Waals surface area contributed by atoms with Crippen LogP contribution >= 0.6 is 11.6 Å². The lowest BCUT2D eigenvalue weighted by atomic mass is 10.3. The molecule has 0 spiro atoms. The molecule has 6 nitrogen and oxygen atoms in total. The van der Waals surface area contributed by atoms with Crippen molar-refractivity contribution in [1.82, 2.24) is 19.6 Å². The predicted molar refractivity (Wildman–Crippen MR) is 83.0 cm³/mol. The summed E-state index contributed by atoms with van der Waals surface area (Å²) in [6, 6.07) is 0. The van der Waals surface area contributed by atoms with E-state index in [1.54, 1.807) is 11.6 Å². The fraction of sp³-hybridized carbons (Fsp3) is 0.500. The fourth-order valence-corrected chi connectivity index (χ4v) is 2.58. The lowest BCUT2D eigenvalue weighted by Gasteiger charge is -2.08. The Morgan fingerprint density at radius 1 is 1.10 bits per heavy atom. The average molecular weight is 310 g/mol. The zero-order valence-electron chi connectivity index (χ0n) is 13.0. The maximum atomic E-state index is 12.5. The molecule has 0 aliphatic heterocycles. The summed E-state index contributed by atoms with van der Waals surface area (Å²) >= 11 is 6.20. The van der Waals surface area contributed by atoms with Crippen LogP contribution in [0.5, 0.6) is 0 Å². The highest BCUT2D eigenvalue weighted by Crippen LogP contribution is 2.24. The summed E-state index contributed by atoms with van der Waals surface area (Å²) in [6.07, 6.45) is 0. The molecular formula is C14H20ClN5O. The van der Waals surface area contributed by atoms with Crippen molar-refractivity contribution in [1.29, 1.82) is 0 Å². The molecular weight excluding hydrogens is 290 g/mol. The normalized spacial score (nSPS) is 11.0. The van der Waals surface area contributed by atoms with E-state index < -0.39 is 0 Å². The highest BCUT2D eigenvalue weighted by Gasteiger charge is 2.22. The number of rotatable bonds is 4. The second-order valence-electron chi connectivity index (χ2n) is 4.88. The molecule has 1 N–H and O–H groups in total. The summed E-state index contributed by atoms with van der Waals surface area (Å²) < 4.78 is 3.47. The van der Waals surface area contributed by atoms with Gasteiger partial charge in [-0.1, -0.05) is 11.6 Å². The number of carbonyl (C=O) groups is 1. The molecule has 2 aromatic heterocycles. The molecule has 0 saturated heterocycles. The Morgan fingerprint density at radius 3 is 2.19 bits per heavy atom. The van der Waals surface area contributed by atoms with Crippen molar-refractivity contribution >= 4 is 23.2 Å². The van der Waals surface area contributed by atoms with Gasteiger partial charge in [-0.2, -0.15) is 10.2 Å². The highest BCUT2D eigenvalue weighted by molar-refractivity contribution is 6.34.